The number of hydrogen-bond acceptors (Lipinski definition) is 3. The zero-order valence-electron chi connectivity index (χ0n) is 11.2. The maximum absolute atomic E-state index is 12.3. The van der Waals surface area contributed by atoms with Crippen molar-refractivity contribution in [2.75, 3.05) is 5.32 Å². The lowest BCUT2D eigenvalue weighted by atomic mass is 10.2. The molecule has 0 amide bonds. The van der Waals surface area contributed by atoms with Crippen molar-refractivity contribution >= 4 is 5.69 Å². The monoisotopic (exact) mass is 269 g/mol. The standard InChI is InChI=1S/C12H17F2N5/c1-8-11(6-18(3)17-8)15-4-10-5-16-19(9(10)2)7-12(13)14/h5-6,12,15H,4,7H2,1-3H3. The molecule has 0 saturated heterocycles. The minimum atomic E-state index is -2.39. The van der Waals surface area contributed by atoms with Crippen LogP contribution in [0.3, 0.4) is 0 Å². The highest BCUT2D eigenvalue weighted by atomic mass is 19.3. The van der Waals surface area contributed by atoms with Crippen LogP contribution in [0.2, 0.25) is 0 Å². The first-order valence-electron chi connectivity index (χ1n) is 6.01. The van der Waals surface area contributed by atoms with Crippen molar-refractivity contribution in [2.24, 2.45) is 7.05 Å². The fourth-order valence-electron chi connectivity index (χ4n) is 1.94. The molecule has 0 unspecified atom stereocenters. The van der Waals surface area contributed by atoms with E-state index in [-0.39, 0.29) is 6.54 Å². The van der Waals surface area contributed by atoms with Crippen LogP contribution in [0.25, 0.3) is 0 Å². The molecule has 0 radical (unpaired) electrons. The van der Waals surface area contributed by atoms with E-state index in [0.29, 0.717) is 6.54 Å². The van der Waals surface area contributed by atoms with E-state index in [1.807, 2.05) is 20.2 Å². The molecule has 0 spiro atoms. The first kappa shape index (κ1) is 13.5. The molecule has 19 heavy (non-hydrogen) atoms. The smallest absolute Gasteiger partial charge is 0.257 e. The van der Waals surface area contributed by atoms with Crippen LogP contribution >= 0.6 is 0 Å². The fourth-order valence-corrected chi connectivity index (χ4v) is 1.94. The summed E-state index contributed by atoms with van der Waals surface area (Å²) in [6.07, 6.45) is 1.12. The molecule has 0 bridgehead atoms. The molecule has 0 aliphatic carbocycles. The Balaban J connectivity index is 2.04. The Bertz CT molecular complexity index is 558. The highest BCUT2D eigenvalue weighted by molar-refractivity contribution is 5.46. The molecule has 0 fully saturated rings. The van der Waals surface area contributed by atoms with E-state index in [1.165, 1.54) is 4.68 Å². The van der Waals surface area contributed by atoms with Gasteiger partial charge in [-0.05, 0) is 13.8 Å². The van der Waals surface area contributed by atoms with Crippen molar-refractivity contribution < 1.29 is 8.78 Å². The first-order valence-corrected chi connectivity index (χ1v) is 6.01. The van der Waals surface area contributed by atoms with Crippen LogP contribution in [0.1, 0.15) is 17.0 Å². The van der Waals surface area contributed by atoms with Gasteiger partial charge in [0.2, 0.25) is 0 Å². The SMILES string of the molecule is Cc1nn(C)cc1NCc1cnn(CC(F)F)c1C. The lowest BCUT2D eigenvalue weighted by molar-refractivity contribution is 0.121. The van der Waals surface area contributed by atoms with Crippen molar-refractivity contribution in [3.8, 4) is 0 Å². The number of aryl methyl sites for hydroxylation is 2. The molecule has 0 aromatic carbocycles. The molecule has 2 rings (SSSR count). The molecule has 7 heteroatoms. The summed E-state index contributed by atoms with van der Waals surface area (Å²) in [5, 5.41) is 11.4. The Hall–Kier alpha value is -1.92. The summed E-state index contributed by atoms with van der Waals surface area (Å²) in [6.45, 7) is 3.89. The summed E-state index contributed by atoms with van der Waals surface area (Å²) >= 11 is 0. The normalized spacial score (nSPS) is 11.3. The van der Waals surface area contributed by atoms with E-state index in [9.17, 15) is 8.78 Å². The number of alkyl halides is 2. The largest absolute Gasteiger partial charge is 0.378 e. The van der Waals surface area contributed by atoms with E-state index in [1.54, 1.807) is 17.8 Å². The first-order chi connectivity index (χ1) is 8.97. The molecule has 2 aromatic heterocycles. The Morgan fingerprint density at radius 1 is 1.37 bits per heavy atom. The molecule has 0 atom stereocenters. The van der Waals surface area contributed by atoms with Gasteiger partial charge in [0.1, 0.15) is 6.54 Å². The summed E-state index contributed by atoms with van der Waals surface area (Å²) in [5.41, 5.74) is 3.50. The summed E-state index contributed by atoms with van der Waals surface area (Å²) < 4.78 is 27.7. The van der Waals surface area contributed by atoms with Gasteiger partial charge in [0, 0.05) is 31.0 Å². The molecule has 2 heterocycles. The number of nitrogens with one attached hydrogen (secondary N) is 1. The molecule has 0 aliphatic rings. The number of hydrogen-bond donors (Lipinski definition) is 1. The van der Waals surface area contributed by atoms with Gasteiger partial charge in [0.15, 0.2) is 0 Å². The highest BCUT2D eigenvalue weighted by Gasteiger charge is 2.11. The number of nitrogens with zero attached hydrogens (tertiary/aromatic N) is 4. The molecule has 1 N–H and O–H groups in total. The van der Waals surface area contributed by atoms with Crippen molar-refractivity contribution in [1.29, 1.82) is 0 Å². The molecule has 104 valence electrons. The quantitative estimate of drug-likeness (QED) is 0.904. The zero-order chi connectivity index (χ0) is 14.0. The third kappa shape index (κ3) is 3.10. The number of halogens is 2. The van der Waals surface area contributed by atoms with Crippen LogP contribution in [0, 0.1) is 13.8 Å². The van der Waals surface area contributed by atoms with Crippen molar-refractivity contribution in [1.82, 2.24) is 19.6 Å². The zero-order valence-corrected chi connectivity index (χ0v) is 11.2. The van der Waals surface area contributed by atoms with Gasteiger partial charge in [-0.3, -0.25) is 9.36 Å². The van der Waals surface area contributed by atoms with E-state index in [2.05, 4.69) is 15.5 Å². The average molecular weight is 269 g/mol. The van der Waals surface area contributed by atoms with Gasteiger partial charge in [-0.15, -0.1) is 0 Å². The maximum atomic E-state index is 12.3. The average Bonchev–Trinajstić information content (AvgIpc) is 2.81. The van der Waals surface area contributed by atoms with Crippen LogP contribution in [-0.4, -0.2) is 26.0 Å². The van der Waals surface area contributed by atoms with E-state index in [0.717, 1.165) is 22.6 Å². The van der Waals surface area contributed by atoms with E-state index in [4.69, 9.17) is 0 Å². The lowest BCUT2D eigenvalue weighted by Crippen LogP contribution is -2.10. The Labute approximate surface area is 110 Å². The third-order valence-electron chi connectivity index (χ3n) is 3.00. The highest BCUT2D eigenvalue weighted by Crippen LogP contribution is 2.15. The van der Waals surface area contributed by atoms with Crippen LogP contribution in [0.5, 0.6) is 0 Å². The minimum absolute atomic E-state index is 0.363. The Kier molecular flexibility index (Phi) is 3.82. The summed E-state index contributed by atoms with van der Waals surface area (Å²) in [4.78, 5) is 0. The summed E-state index contributed by atoms with van der Waals surface area (Å²) in [5.74, 6) is 0. The molecule has 0 aliphatic heterocycles. The molecular formula is C12H17F2N5. The van der Waals surface area contributed by atoms with Gasteiger partial charge >= 0.3 is 0 Å². The second kappa shape index (κ2) is 5.38. The van der Waals surface area contributed by atoms with Gasteiger partial charge in [-0.25, -0.2) is 8.78 Å². The Morgan fingerprint density at radius 3 is 2.68 bits per heavy atom. The van der Waals surface area contributed by atoms with Gasteiger partial charge < -0.3 is 5.32 Å². The lowest BCUT2D eigenvalue weighted by Gasteiger charge is -2.06. The predicted molar refractivity (Wildman–Crippen MR) is 68.2 cm³/mol. The second-order valence-electron chi connectivity index (χ2n) is 4.48. The minimum Gasteiger partial charge on any atom is -0.378 e. The van der Waals surface area contributed by atoms with Crippen LogP contribution in [0.15, 0.2) is 12.4 Å². The van der Waals surface area contributed by atoms with Gasteiger partial charge in [0.05, 0.1) is 17.6 Å². The summed E-state index contributed by atoms with van der Waals surface area (Å²) in [7, 11) is 1.85. The second-order valence-corrected chi connectivity index (χ2v) is 4.48. The van der Waals surface area contributed by atoms with Gasteiger partial charge in [0.25, 0.3) is 6.43 Å². The third-order valence-corrected chi connectivity index (χ3v) is 3.00. The van der Waals surface area contributed by atoms with Crippen LogP contribution < -0.4 is 5.32 Å². The molecule has 0 saturated carbocycles. The van der Waals surface area contributed by atoms with Gasteiger partial charge in [-0.2, -0.15) is 10.2 Å². The fraction of sp³-hybridized carbons (Fsp3) is 0.500. The van der Waals surface area contributed by atoms with Crippen molar-refractivity contribution in [3.05, 3.63) is 29.3 Å². The number of aromatic nitrogens is 4. The van der Waals surface area contributed by atoms with Crippen molar-refractivity contribution in [3.63, 3.8) is 0 Å². The van der Waals surface area contributed by atoms with Gasteiger partial charge in [-0.1, -0.05) is 0 Å². The summed E-state index contributed by atoms with van der Waals surface area (Å²) in [6, 6.07) is 0. The predicted octanol–water partition coefficient (Wildman–Crippen LogP) is 2.11. The van der Waals surface area contributed by atoms with E-state index >= 15 is 0 Å². The number of anilines is 1. The van der Waals surface area contributed by atoms with E-state index < -0.39 is 6.43 Å². The topological polar surface area (TPSA) is 47.7 Å². The van der Waals surface area contributed by atoms with Crippen LogP contribution in [0.4, 0.5) is 14.5 Å². The maximum Gasteiger partial charge on any atom is 0.257 e. The van der Waals surface area contributed by atoms with Crippen molar-refractivity contribution in [2.45, 2.75) is 33.4 Å². The number of rotatable bonds is 5. The molecular weight excluding hydrogens is 252 g/mol. The van der Waals surface area contributed by atoms with Crippen LogP contribution in [-0.2, 0) is 20.1 Å². The molecule has 2 aromatic rings. The molecule has 5 nitrogen and oxygen atoms in total. The Morgan fingerprint density at radius 2 is 2.11 bits per heavy atom.